The molecule has 0 atom stereocenters. The van der Waals surface area contributed by atoms with E-state index in [4.69, 9.17) is 21.1 Å². The summed E-state index contributed by atoms with van der Waals surface area (Å²) >= 11 is 0. The van der Waals surface area contributed by atoms with Crippen molar-refractivity contribution < 1.29 is 15.3 Å². The lowest BCUT2D eigenvalue weighted by atomic mass is 10.0. The number of unbranched alkanes of at least 4 members (excludes halogenated alkanes) is 15. The smallest absolute Gasteiger partial charge is 0.100 e. The summed E-state index contributed by atoms with van der Waals surface area (Å²) in [5.41, 5.74) is 5.48. The van der Waals surface area contributed by atoms with Crippen LogP contribution >= 0.6 is 0 Å². The predicted octanol–water partition coefficient (Wildman–Crippen LogP) is 4.54. The van der Waals surface area contributed by atoms with E-state index in [1.54, 1.807) is 0 Å². The van der Waals surface area contributed by atoms with Gasteiger partial charge in [-0.05, 0) is 13.0 Å². The predicted molar refractivity (Wildman–Crippen MR) is 109 cm³/mol. The number of rotatable bonds is 18. The number of hydrogen-bond acceptors (Lipinski definition) is 4. The maximum atomic E-state index is 8.17. The molecule has 0 saturated heterocycles. The molecule has 0 amide bonds. The summed E-state index contributed by atoms with van der Waals surface area (Å²) in [5.74, 6) is 0. The largest absolute Gasteiger partial charge is 0.394 e. The van der Waals surface area contributed by atoms with Gasteiger partial charge in [-0.2, -0.15) is 0 Å². The van der Waals surface area contributed by atoms with Gasteiger partial charge in [0.2, 0.25) is 0 Å². The lowest BCUT2D eigenvalue weighted by molar-refractivity contribution is 0.0450. The second kappa shape index (κ2) is 26.1. The number of hydrogen-bond donors (Lipinski definition) is 4. The first-order chi connectivity index (χ1) is 12.2. The van der Waals surface area contributed by atoms with Crippen LogP contribution in [0, 0.1) is 0 Å². The molecule has 0 bridgehead atoms. The molecule has 0 unspecified atom stereocenters. The molecule has 0 rings (SSSR count). The summed E-state index contributed by atoms with van der Waals surface area (Å²) in [6.45, 7) is 2.43. The lowest BCUT2D eigenvalue weighted by Crippen LogP contribution is -2.15. The fourth-order valence-corrected chi connectivity index (χ4v) is 2.75. The van der Waals surface area contributed by atoms with E-state index < -0.39 is 6.10 Å². The molecular weight excluding hydrogens is 314 g/mol. The van der Waals surface area contributed by atoms with E-state index in [0.717, 1.165) is 6.54 Å². The van der Waals surface area contributed by atoms with Crippen LogP contribution in [0.1, 0.15) is 110 Å². The van der Waals surface area contributed by atoms with E-state index in [1.165, 1.54) is 103 Å². The first kappa shape index (κ1) is 27.1. The molecule has 0 radical (unpaired) electrons. The van der Waals surface area contributed by atoms with Crippen molar-refractivity contribution in [2.45, 2.75) is 116 Å². The van der Waals surface area contributed by atoms with Gasteiger partial charge in [-0.15, -0.1) is 0 Å². The van der Waals surface area contributed by atoms with Crippen molar-refractivity contribution in [3.8, 4) is 0 Å². The van der Waals surface area contributed by atoms with Gasteiger partial charge in [-0.3, -0.25) is 0 Å². The molecule has 0 aromatic carbocycles. The van der Waals surface area contributed by atoms with Gasteiger partial charge in [0.15, 0.2) is 0 Å². The molecule has 4 heteroatoms. The standard InChI is InChI=1S/C18H39N.C3H8O3/c1-2-3-4-5-6-7-8-9-10-11-12-13-14-15-16-17-18-19;4-1-3(6)2-5/h2-19H2,1H3;3-6H,1-2H2. The molecule has 0 aliphatic heterocycles. The Hall–Kier alpha value is -0.160. The molecule has 0 aliphatic rings. The zero-order valence-electron chi connectivity index (χ0n) is 16.9. The minimum absolute atomic E-state index is 0.365. The van der Waals surface area contributed by atoms with Crippen LogP contribution in [0.5, 0.6) is 0 Å². The van der Waals surface area contributed by atoms with Gasteiger partial charge < -0.3 is 21.1 Å². The molecule has 4 nitrogen and oxygen atoms in total. The molecule has 0 aromatic heterocycles. The first-order valence-corrected chi connectivity index (χ1v) is 10.8. The molecule has 0 aliphatic carbocycles. The van der Waals surface area contributed by atoms with Crippen LogP contribution in [0.25, 0.3) is 0 Å². The van der Waals surface area contributed by atoms with Crippen molar-refractivity contribution in [1.29, 1.82) is 0 Å². The van der Waals surface area contributed by atoms with E-state index in [9.17, 15) is 0 Å². The Morgan fingerprint density at radius 2 is 0.840 bits per heavy atom. The third-order valence-corrected chi connectivity index (χ3v) is 4.48. The Labute approximate surface area is 157 Å². The van der Waals surface area contributed by atoms with Gasteiger partial charge in [0.05, 0.1) is 13.2 Å². The first-order valence-electron chi connectivity index (χ1n) is 10.8. The highest BCUT2D eigenvalue weighted by molar-refractivity contribution is 4.50. The second-order valence-electron chi connectivity index (χ2n) is 7.11. The minimum Gasteiger partial charge on any atom is -0.394 e. The van der Waals surface area contributed by atoms with E-state index in [0.29, 0.717) is 0 Å². The van der Waals surface area contributed by atoms with Gasteiger partial charge in [0.25, 0.3) is 0 Å². The van der Waals surface area contributed by atoms with Crippen molar-refractivity contribution >= 4 is 0 Å². The summed E-state index contributed by atoms with van der Waals surface area (Å²) in [6.07, 6.45) is 21.9. The average molecular weight is 362 g/mol. The molecule has 5 N–H and O–H groups in total. The fraction of sp³-hybridized carbons (Fsp3) is 1.00. The third kappa shape index (κ3) is 28.9. The van der Waals surface area contributed by atoms with Crippen LogP contribution in [-0.2, 0) is 0 Å². The number of nitrogens with two attached hydrogens (primary N) is 1. The van der Waals surface area contributed by atoms with Gasteiger partial charge in [0, 0.05) is 0 Å². The lowest BCUT2D eigenvalue weighted by Gasteiger charge is -2.03. The Morgan fingerprint density at radius 1 is 0.560 bits per heavy atom. The summed E-state index contributed by atoms with van der Waals surface area (Å²) in [6, 6.07) is 0. The molecule has 0 heterocycles. The second-order valence-corrected chi connectivity index (χ2v) is 7.11. The van der Waals surface area contributed by atoms with Crippen molar-refractivity contribution in [2.24, 2.45) is 5.73 Å². The van der Waals surface area contributed by atoms with Crippen LogP contribution in [0.4, 0.5) is 0 Å². The van der Waals surface area contributed by atoms with Gasteiger partial charge in [-0.25, -0.2) is 0 Å². The van der Waals surface area contributed by atoms with Crippen molar-refractivity contribution in [1.82, 2.24) is 0 Å². The van der Waals surface area contributed by atoms with Crippen molar-refractivity contribution in [3.63, 3.8) is 0 Å². The monoisotopic (exact) mass is 361 g/mol. The normalized spacial score (nSPS) is 10.8. The molecule has 0 saturated carbocycles. The molecule has 154 valence electrons. The van der Waals surface area contributed by atoms with Crippen molar-refractivity contribution in [2.75, 3.05) is 19.8 Å². The Balaban J connectivity index is 0. The third-order valence-electron chi connectivity index (χ3n) is 4.48. The summed E-state index contributed by atoms with van der Waals surface area (Å²) in [5, 5.41) is 24.0. The quantitative estimate of drug-likeness (QED) is 0.270. The highest BCUT2D eigenvalue weighted by atomic mass is 16.3. The van der Waals surface area contributed by atoms with Crippen molar-refractivity contribution in [3.05, 3.63) is 0 Å². The molecule has 25 heavy (non-hydrogen) atoms. The van der Waals surface area contributed by atoms with Gasteiger partial charge >= 0.3 is 0 Å². The van der Waals surface area contributed by atoms with E-state index in [-0.39, 0.29) is 13.2 Å². The molecule has 0 spiro atoms. The van der Waals surface area contributed by atoms with E-state index >= 15 is 0 Å². The Bertz CT molecular complexity index is 195. The molecular formula is C21H47NO3. The number of aliphatic hydroxyl groups is 3. The molecule has 0 aromatic rings. The minimum atomic E-state index is -0.954. The number of aliphatic hydroxyl groups excluding tert-OH is 3. The zero-order chi connectivity index (χ0) is 19.0. The summed E-state index contributed by atoms with van der Waals surface area (Å²) in [7, 11) is 0. The van der Waals surface area contributed by atoms with Crippen LogP contribution in [-0.4, -0.2) is 41.2 Å². The van der Waals surface area contributed by atoms with E-state index in [1.807, 2.05) is 0 Å². The highest BCUT2D eigenvalue weighted by Crippen LogP contribution is 2.13. The van der Waals surface area contributed by atoms with Crippen LogP contribution in [0.2, 0.25) is 0 Å². The maximum absolute atomic E-state index is 8.17. The van der Waals surface area contributed by atoms with Gasteiger partial charge in [-0.1, -0.05) is 103 Å². The van der Waals surface area contributed by atoms with E-state index in [2.05, 4.69) is 6.92 Å². The van der Waals surface area contributed by atoms with Crippen LogP contribution in [0.15, 0.2) is 0 Å². The summed E-state index contributed by atoms with van der Waals surface area (Å²) < 4.78 is 0. The SMILES string of the molecule is CCCCCCCCCCCCCCCCCCN.OCC(O)CO. The van der Waals surface area contributed by atoms with Gasteiger partial charge in [0.1, 0.15) is 6.10 Å². The maximum Gasteiger partial charge on any atom is 0.100 e. The average Bonchev–Trinajstić information content (AvgIpc) is 2.64. The Kier molecular flexibility index (Phi) is 28.2. The summed E-state index contributed by atoms with van der Waals surface area (Å²) in [4.78, 5) is 0. The van der Waals surface area contributed by atoms with Crippen LogP contribution < -0.4 is 5.73 Å². The highest BCUT2D eigenvalue weighted by Gasteiger charge is 1.94. The van der Waals surface area contributed by atoms with Crippen LogP contribution in [0.3, 0.4) is 0 Å². The fourth-order valence-electron chi connectivity index (χ4n) is 2.75. The zero-order valence-corrected chi connectivity index (χ0v) is 16.9. The Morgan fingerprint density at radius 3 is 1.04 bits per heavy atom. The topological polar surface area (TPSA) is 86.7 Å². The molecule has 0 fully saturated rings.